The van der Waals surface area contributed by atoms with Gasteiger partial charge in [0, 0.05) is 45.9 Å². The highest BCUT2D eigenvalue weighted by atomic mass is 16.7. The molecule has 0 unspecified atom stereocenters. The van der Waals surface area contributed by atoms with Gasteiger partial charge in [-0.3, -0.25) is 9.59 Å². The van der Waals surface area contributed by atoms with Gasteiger partial charge in [0.05, 0.1) is 24.6 Å². The molecule has 4 rings (SSSR count). The zero-order chi connectivity index (χ0) is 22.0. The van der Waals surface area contributed by atoms with Gasteiger partial charge in [0.15, 0.2) is 12.1 Å². The Kier molecular flexibility index (Phi) is 6.25. The molecule has 1 aromatic rings. The van der Waals surface area contributed by atoms with Gasteiger partial charge in [0.1, 0.15) is 17.5 Å². The normalized spacial score (nSPS) is 19.5. The van der Waals surface area contributed by atoms with Crippen LogP contribution < -0.4 is 9.80 Å². The smallest absolute Gasteiger partial charge is 0.223 e. The number of hydrogen-bond acceptors (Lipinski definition) is 7. The number of Topliss-reactive ketones (excluding diaryl/α,β-unsaturated/α-hetero) is 1. The molecule has 0 saturated carbocycles. The SMILES string of the molecule is CN1C(=C(C#N)C(=O)CCC(=O)N2CCC(C3OCCO3)CC2)N(C)c2ccccc21. The molecule has 0 bridgehead atoms. The molecule has 8 heteroatoms. The molecule has 3 aliphatic heterocycles. The second-order valence-corrected chi connectivity index (χ2v) is 8.17. The Morgan fingerprint density at radius 2 is 1.61 bits per heavy atom. The topological polar surface area (TPSA) is 86.1 Å². The van der Waals surface area contributed by atoms with Gasteiger partial charge in [-0.2, -0.15) is 5.26 Å². The van der Waals surface area contributed by atoms with Crippen LogP contribution in [0.5, 0.6) is 0 Å². The number of nitrogens with zero attached hydrogens (tertiary/aromatic N) is 4. The van der Waals surface area contributed by atoms with Gasteiger partial charge in [-0.1, -0.05) is 12.1 Å². The van der Waals surface area contributed by atoms with Crippen molar-refractivity contribution in [2.45, 2.75) is 32.0 Å². The first-order chi connectivity index (χ1) is 15.0. The Morgan fingerprint density at radius 1 is 1.03 bits per heavy atom. The van der Waals surface area contributed by atoms with Gasteiger partial charge in [0.25, 0.3) is 0 Å². The van der Waals surface area contributed by atoms with Crippen LogP contribution in [-0.2, 0) is 19.1 Å². The molecule has 0 atom stereocenters. The zero-order valence-corrected chi connectivity index (χ0v) is 18.0. The quantitative estimate of drug-likeness (QED) is 0.529. The number of allylic oxidation sites excluding steroid dienone is 1. The third-order valence-corrected chi connectivity index (χ3v) is 6.34. The predicted octanol–water partition coefficient (Wildman–Crippen LogP) is 2.27. The van der Waals surface area contributed by atoms with E-state index in [-0.39, 0.29) is 36.4 Å². The lowest BCUT2D eigenvalue weighted by Gasteiger charge is -2.33. The number of rotatable bonds is 5. The van der Waals surface area contributed by atoms with Crippen molar-refractivity contribution in [2.24, 2.45) is 5.92 Å². The van der Waals surface area contributed by atoms with Crippen molar-refractivity contribution in [1.82, 2.24) is 4.90 Å². The molecule has 0 N–H and O–H groups in total. The molecule has 0 aliphatic carbocycles. The van der Waals surface area contributed by atoms with Gasteiger partial charge in [-0.25, -0.2) is 0 Å². The number of amides is 1. The van der Waals surface area contributed by atoms with E-state index in [2.05, 4.69) is 6.07 Å². The summed E-state index contributed by atoms with van der Waals surface area (Å²) in [5.41, 5.74) is 1.97. The average Bonchev–Trinajstić information content (AvgIpc) is 3.42. The van der Waals surface area contributed by atoms with Crippen LogP contribution in [0.15, 0.2) is 35.7 Å². The molecule has 0 radical (unpaired) electrons. The maximum Gasteiger partial charge on any atom is 0.223 e. The van der Waals surface area contributed by atoms with Crippen LogP contribution in [-0.4, -0.2) is 63.3 Å². The summed E-state index contributed by atoms with van der Waals surface area (Å²) in [6, 6.07) is 9.82. The number of carbonyl (C=O) groups is 2. The van der Waals surface area contributed by atoms with E-state index in [1.807, 2.05) is 53.1 Å². The van der Waals surface area contributed by atoms with E-state index in [0.717, 1.165) is 24.2 Å². The zero-order valence-electron chi connectivity index (χ0n) is 18.0. The second-order valence-electron chi connectivity index (χ2n) is 8.17. The fraction of sp³-hybridized carbons (Fsp3) is 0.522. The van der Waals surface area contributed by atoms with Crippen molar-refractivity contribution in [1.29, 1.82) is 5.26 Å². The summed E-state index contributed by atoms with van der Waals surface area (Å²) in [5, 5.41) is 9.72. The Labute approximate surface area is 182 Å². The van der Waals surface area contributed by atoms with Gasteiger partial charge in [-0.15, -0.1) is 0 Å². The molecule has 2 fully saturated rings. The number of piperidine rings is 1. The number of likely N-dealkylation sites (tertiary alicyclic amines) is 1. The number of nitriles is 1. The van der Waals surface area contributed by atoms with E-state index in [0.29, 0.717) is 38.0 Å². The third-order valence-electron chi connectivity index (χ3n) is 6.34. The van der Waals surface area contributed by atoms with Crippen molar-refractivity contribution in [3.05, 3.63) is 35.7 Å². The highest BCUT2D eigenvalue weighted by molar-refractivity contribution is 6.03. The van der Waals surface area contributed by atoms with E-state index < -0.39 is 0 Å². The maximum atomic E-state index is 12.9. The van der Waals surface area contributed by atoms with Crippen molar-refractivity contribution in [2.75, 3.05) is 50.2 Å². The van der Waals surface area contributed by atoms with Crippen molar-refractivity contribution >= 4 is 23.1 Å². The summed E-state index contributed by atoms with van der Waals surface area (Å²) in [6.45, 7) is 2.57. The molecule has 31 heavy (non-hydrogen) atoms. The fourth-order valence-electron chi connectivity index (χ4n) is 4.63. The van der Waals surface area contributed by atoms with Gasteiger partial charge >= 0.3 is 0 Å². The maximum absolute atomic E-state index is 12.9. The second kappa shape index (κ2) is 9.08. The minimum atomic E-state index is -0.306. The largest absolute Gasteiger partial charge is 0.350 e. The average molecular weight is 425 g/mol. The van der Waals surface area contributed by atoms with Crippen LogP contribution in [0.25, 0.3) is 0 Å². The highest BCUT2D eigenvalue weighted by Gasteiger charge is 2.33. The predicted molar refractivity (Wildman–Crippen MR) is 115 cm³/mol. The van der Waals surface area contributed by atoms with Crippen LogP contribution >= 0.6 is 0 Å². The molecule has 8 nitrogen and oxygen atoms in total. The monoisotopic (exact) mass is 424 g/mol. The summed E-state index contributed by atoms with van der Waals surface area (Å²) in [4.78, 5) is 31.1. The standard InChI is InChI=1S/C23H28N4O4/c1-25-18-5-3-4-6-19(18)26(2)22(25)17(15-24)20(28)7-8-21(29)27-11-9-16(10-12-27)23-30-13-14-31-23/h3-6,16,23H,7-14H2,1-2H3. The number of hydrogen-bond donors (Lipinski definition) is 0. The van der Waals surface area contributed by atoms with Crippen molar-refractivity contribution < 1.29 is 19.1 Å². The van der Waals surface area contributed by atoms with Gasteiger partial charge in [-0.05, 0) is 25.0 Å². The number of para-hydroxylation sites is 2. The van der Waals surface area contributed by atoms with E-state index >= 15 is 0 Å². The summed E-state index contributed by atoms with van der Waals surface area (Å²) in [5.74, 6) is 0.524. The first-order valence-electron chi connectivity index (χ1n) is 10.8. The van der Waals surface area contributed by atoms with Crippen LogP contribution in [0.1, 0.15) is 25.7 Å². The summed E-state index contributed by atoms with van der Waals surface area (Å²) in [6.07, 6.45) is 1.67. The van der Waals surface area contributed by atoms with Crippen LogP contribution in [0.3, 0.4) is 0 Å². The number of benzene rings is 1. The van der Waals surface area contributed by atoms with E-state index in [4.69, 9.17) is 9.47 Å². The number of carbonyl (C=O) groups excluding carboxylic acids is 2. The van der Waals surface area contributed by atoms with Crippen molar-refractivity contribution in [3.63, 3.8) is 0 Å². The first kappa shape index (κ1) is 21.3. The lowest BCUT2D eigenvalue weighted by atomic mass is 9.95. The molecule has 0 aromatic heterocycles. The van der Waals surface area contributed by atoms with Gasteiger partial charge in [0.2, 0.25) is 5.91 Å². The molecule has 1 amide bonds. The highest BCUT2D eigenvalue weighted by Crippen LogP contribution is 2.40. The number of anilines is 2. The molecule has 0 spiro atoms. The Balaban J connectivity index is 1.35. The number of fused-ring (bicyclic) bond motifs is 1. The summed E-state index contributed by atoms with van der Waals surface area (Å²) in [7, 11) is 3.69. The van der Waals surface area contributed by atoms with Crippen LogP contribution in [0.4, 0.5) is 11.4 Å². The Bertz CT molecular complexity index is 893. The lowest BCUT2D eigenvalue weighted by Crippen LogP contribution is -2.41. The minimum absolute atomic E-state index is 0.0258. The van der Waals surface area contributed by atoms with Crippen LogP contribution in [0.2, 0.25) is 0 Å². The molecule has 3 heterocycles. The summed E-state index contributed by atoms with van der Waals surface area (Å²) < 4.78 is 11.2. The molecule has 164 valence electrons. The van der Waals surface area contributed by atoms with E-state index in [9.17, 15) is 14.9 Å². The van der Waals surface area contributed by atoms with Crippen molar-refractivity contribution in [3.8, 4) is 6.07 Å². The van der Waals surface area contributed by atoms with E-state index in [1.165, 1.54) is 0 Å². The molecule has 1 aromatic carbocycles. The minimum Gasteiger partial charge on any atom is -0.350 e. The van der Waals surface area contributed by atoms with Gasteiger partial charge < -0.3 is 24.2 Å². The van der Waals surface area contributed by atoms with Crippen LogP contribution in [0, 0.1) is 17.2 Å². The first-order valence-corrected chi connectivity index (χ1v) is 10.8. The lowest BCUT2D eigenvalue weighted by molar-refractivity contribution is -0.137. The third kappa shape index (κ3) is 4.16. The molecular weight excluding hydrogens is 396 g/mol. The summed E-state index contributed by atoms with van der Waals surface area (Å²) >= 11 is 0. The van der Waals surface area contributed by atoms with E-state index in [1.54, 1.807) is 0 Å². The number of ether oxygens (including phenoxy) is 2. The molecule has 2 saturated heterocycles. The Morgan fingerprint density at radius 3 is 2.16 bits per heavy atom. The Hall–Kier alpha value is -2.89. The number of ketones is 1. The fourth-order valence-corrected chi connectivity index (χ4v) is 4.63. The molecule has 3 aliphatic rings. The molecular formula is C23H28N4O4.